The third-order valence-electron chi connectivity index (χ3n) is 2.82. The average molecular weight is 317 g/mol. The summed E-state index contributed by atoms with van der Waals surface area (Å²) in [6.07, 6.45) is 0. The van der Waals surface area contributed by atoms with E-state index in [9.17, 15) is 0 Å². The summed E-state index contributed by atoms with van der Waals surface area (Å²) in [5, 5.41) is 4.65. The van der Waals surface area contributed by atoms with Crippen molar-refractivity contribution in [2.75, 3.05) is 6.54 Å². The van der Waals surface area contributed by atoms with Gasteiger partial charge in [-0.3, -0.25) is 4.90 Å². The second-order valence-corrected chi connectivity index (χ2v) is 4.67. The van der Waals surface area contributed by atoms with E-state index in [4.69, 9.17) is 21.9 Å². The molecule has 0 radical (unpaired) electrons. The van der Waals surface area contributed by atoms with Crippen molar-refractivity contribution >= 4 is 24.0 Å². The van der Waals surface area contributed by atoms with Gasteiger partial charge in [0, 0.05) is 11.6 Å². The maximum absolute atomic E-state index is 5.87. The maximum atomic E-state index is 5.87. The quantitative estimate of drug-likeness (QED) is 0.887. The van der Waals surface area contributed by atoms with Crippen LogP contribution in [-0.4, -0.2) is 21.6 Å². The Morgan fingerprint density at radius 2 is 1.95 bits per heavy atom. The van der Waals surface area contributed by atoms with Gasteiger partial charge in [-0.25, -0.2) is 0 Å². The fourth-order valence-corrected chi connectivity index (χ4v) is 1.89. The lowest BCUT2D eigenvalue weighted by atomic mass is 10.2. The van der Waals surface area contributed by atoms with Gasteiger partial charge >= 0.3 is 0 Å². The SMILES string of the molecule is CCN(Cc1ccc(Cl)cc1)Cc1noc(CN)n1.Cl. The van der Waals surface area contributed by atoms with Gasteiger partial charge in [0.15, 0.2) is 5.82 Å². The van der Waals surface area contributed by atoms with Crippen LogP contribution >= 0.6 is 24.0 Å². The standard InChI is InChI=1S/C13H17ClN4O.ClH/c1-2-18(8-10-3-5-11(14)6-4-10)9-12-16-13(7-15)19-17-12;/h3-6H,2,7-9,15H2,1H3;1H. The van der Waals surface area contributed by atoms with Crippen LogP contribution in [0, 0.1) is 0 Å². The molecular formula is C13H18Cl2N4O. The van der Waals surface area contributed by atoms with E-state index < -0.39 is 0 Å². The molecule has 7 heteroatoms. The molecule has 110 valence electrons. The van der Waals surface area contributed by atoms with Crippen LogP contribution < -0.4 is 5.73 Å². The molecule has 20 heavy (non-hydrogen) atoms. The Balaban J connectivity index is 0.00000200. The van der Waals surface area contributed by atoms with Gasteiger partial charge in [-0.1, -0.05) is 35.8 Å². The molecule has 0 spiro atoms. The Bertz CT molecular complexity index is 515. The van der Waals surface area contributed by atoms with Crippen LogP contribution in [0.3, 0.4) is 0 Å². The molecule has 0 bridgehead atoms. The normalized spacial score (nSPS) is 10.6. The first kappa shape index (κ1) is 16.9. The summed E-state index contributed by atoms with van der Waals surface area (Å²) in [5.41, 5.74) is 6.64. The first-order valence-corrected chi connectivity index (χ1v) is 6.57. The van der Waals surface area contributed by atoms with E-state index in [0.717, 1.165) is 18.1 Å². The molecule has 0 aliphatic carbocycles. The highest BCUT2D eigenvalue weighted by Gasteiger charge is 2.10. The van der Waals surface area contributed by atoms with E-state index >= 15 is 0 Å². The van der Waals surface area contributed by atoms with Crippen LogP contribution in [0.5, 0.6) is 0 Å². The summed E-state index contributed by atoms with van der Waals surface area (Å²) in [6, 6.07) is 7.83. The second-order valence-electron chi connectivity index (χ2n) is 4.24. The summed E-state index contributed by atoms with van der Waals surface area (Å²) in [7, 11) is 0. The molecule has 0 aliphatic rings. The van der Waals surface area contributed by atoms with Gasteiger partial charge in [0.2, 0.25) is 5.89 Å². The van der Waals surface area contributed by atoms with Gasteiger partial charge in [0.05, 0.1) is 13.1 Å². The van der Waals surface area contributed by atoms with Gasteiger partial charge in [-0.05, 0) is 24.2 Å². The number of benzene rings is 1. The highest BCUT2D eigenvalue weighted by molar-refractivity contribution is 6.30. The van der Waals surface area contributed by atoms with Crippen molar-refractivity contribution in [2.24, 2.45) is 5.73 Å². The average Bonchev–Trinajstić information content (AvgIpc) is 2.88. The van der Waals surface area contributed by atoms with E-state index in [2.05, 4.69) is 22.0 Å². The van der Waals surface area contributed by atoms with E-state index in [0.29, 0.717) is 18.3 Å². The number of hydrogen-bond acceptors (Lipinski definition) is 5. The number of hydrogen-bond donors (Lipinski definition) is 1. The van der Waals surface area contributed by atoms with Crippen molar-refractivity contribution in [3.8, 4) is 0 Å². The Morgan fingerprint density at radius 1 is 1.25 bits per heavy atom. The molecule has 2 N–H and O–H groups in total. The maximum Gasteiger partial charge on any atom is 0.240 e. The summed E-state index contributed by atoms with van der Waals surface area (Å²) in [4.78, 5) is 6.42. The van der Waals surface area contributed by atoms with Gasteiger partial charge in [-0.2, -0.15) is 4.98 Å². The lowest BCUT2D eigenvalue weighted by molar-refractivity contribution is 0.258. The van der Waals surface area contributed by atoms with Crippen molar-refractivity contribution in [1.82, 2.24) is 15.0 Å². The van der Waals surface area contributed by atoms with E-state index in [-0.39, 0.29) is 19.0 Å². The van der Waals surface area contributed by atoms with Crippen LogP contribution in [0.1, 0.15) is 24.2 Å². The summed E-state index contributed by atoms with van der Waals surface area (Å²) >= 11 is 5.87. The fraction of sp³-hybridized carbons (Fsp3) is 0.385. The van der Waals surface area contributed by atoms with Crippen LogP contribution in [0.15, 0.2) is 28.8 Å². The minimum absolute atomic E-state index is 0. The molecule has 1 aromatic carbocycles. The number of rotatable bonds is 6. The van der Waals surface area contributed by atoms with Crippen molar-refractivity contribution in [3.05, 3.63) is 46.6 Å². The number of halogens is 2. The number of nitrogens with two attached hydrogens (primary N) is 1. The van der Waals surface area contributed by atoms with Gasteiger partial charge in [-0.15, -0.1) is 12.4 Å². The first-order valence-electron chi connectivity index (χ1n) is 6.19. The number of nitrogens with zero attached hydrogens (tertiary/aromatic N) is 3. The molecule has 0 aliphatic heterocycles. The molecular weight excluding hydrogens is 299 g/mol. The Kier molecular flexibility index (Phi) is 6.95. The van der Waals surface area contributed by atoms with Crippen LogP contribution in [0.25, 0.3) is 0 Å². The van der Waals surface area contributed by atoms with Crippen molar-refractivity contribution in [3.63, 3.8) is 0 Å². The zero-order chi connectivity index (χ0) is 13.7. The molecule has 2 aromatic rings. The molecule has 5 nitrogen and oxygen atoms in total. The molecule has 0 unspecified atom stereocenters. The van der Waals surface area contributed by atoms with E-state index in [1.165, 1.54) is 5.56 Å². The van der Waals surface area contributed by atoms with Crippen LogP contribution in [0.4, 0.5) is 0 Å². The van der Waals surface area contributed by atoms with Crippen molar-refractivity contribution < 1.29 is 4.52 Å². The predicted octanol–water partition coefficient (Wildman–Crippen LogP) is 2.63. The highest BCUT2D eigenvalue weighted by Crippen LogP contribution is 2.12. The largest absolute Gasteiger partial charge is 0.338 e. The second kappa shape index (κ2) is 8.21. The Hall–Kier alpha value is -1.14. The zero-order valence-corrected chi connectivity index (χ0v) is 12.8. The van der Waals surface area contributed by atoms with Crippen molar-refractivity contribution in [2.45, 2.75) is 26.6 Å². The summed E-state index contributed by atoms with van der Waals surface area (Å²) in [5.74, 6) is 1.13. The van der Waals surface area contributed by atoms with E-state index in [1.807, 2.05) is 24.3 Å². The smallest absolute Gasteiger partial charge is 0.240 e. The fourth-order valence-electron chi connectivity index (χ4n) is 1.76. The molecule has 0 amide bonds. The lowest BCUT2D eigenvalue weighted by Gasteiger charge is -2.18. The molecule has 0 atom stereocenters. The van der Waals surface area contributed by atoms with Crippen LogP contribution in [-0.2, 0) is 19.6 Å². The molecule has 0 saturated heterocycles. The molecule has 1 heterocycles. The monoisotopic (exact) mass is 316 g/mol. The zero-order valence-electron chi connectivity index (χ0n) is 11.3. The van der Waals surface area contributed by atoms with E-state index in [1.54, 1.807) is 0 Å². The molecule has 1 aromatic heterocycles. The minimum Gasteiger partial charge on any atom is -0.338 e. The summed E-state index contributed by atoms with van der Waals surface area (Å²) in [6.45, 7) is 4.73. The highest BCUT2D eigenvalue weighted by atomic mass is 35.5. The summed E-state index contributed by atoms with van der Waals surface area (Å²) < 4.78 is 4.99. The van der Waals surface area contributed by atoms with Gasteiger partial charge < -0.3 is 10.3 Å². The lowest BCUT2D eigenvalue weighted by Crippen LogP contribution is -2.23. The molecule has 0 saturated carbocycles. The minimum atomic E-state index is 0. The molecule has 2 rings (SSSR count). The topological polar surface area (TPSA) is 68.2 Å². The number of aromatic nitrogens is 2. The Labute approximate surface area is 129 Å². The van der Waals surface area contributed by atoms with Crippen LogP contribution in [0.2, 0.25) is 5.02 Å². The van der Waals surface area contributed by atoms with Gasteiger partial charge in [0.1, 0.15) is 0 Å². The molecule has 0 fully saturated rings. The third kappa shape index (κ3) is 4.76. The van der Waals surface area contributed by atoms with Crippen molar-refractivity contribution in [1.29, 1.82) is 0 Å². The Morgan fingerprint density at radius 3 is 2.50 bits per heavy atom. The predicted molar refractivity (Wildman–Crippen MR) is 80.7 cm³/mol. The van der Waals surface area contributed by atoms with Gasteiger partial charge in [0.25, 0.3) is 0 Å². The first-order chi connectivity index (χ1) is 9.21. The third-order valence-corrected chi connectivity index (χ3v) is 3.07.